The molecule has 0 bridgehead atoms. The minimum absolute atomic E-state index is 0.243. The van der Waals surface area contributed by atoms with Gasteiger partial charge in [-0.25, -0.2) is 0 Å². The number of hydrogen-bond acceptors (Lipinski definition) is 4. The molecular formula is C14H23N3O. The molecule has 0 amide bonds. The van der Waals surface area contributed by atoms with Gasteiger partial charge in [-0.15, -0.1) is 0 Å². The van der Waals surface area contributed by atoms with Gasteiger partial charge in [0.05, 0.1) is 12.2 Å². The second kappa shape index (κ2) is 5.78. The highest BCUT2D eigenvalue weighted by atomic mass is 16.5. The Morgan fingerprint density at radius 2 is 2.11 bits per heavy atom. The van der Waals surface area contributed by atoms with Crippen LogP contribution in [0.5, 0.6) is 0 Å². The van der Waals surface area contributed by atoms with Crippen LogP contribution in [0.2, 0.25) is 0 Å². The molecule has 100 valence electrons. The molecule has 4 nitrogen and oxygen atoms in total. The standard InChI is InChI=1S/C14H23N3O/c1-10-4-5-16-7-13(10)14(6-15)17-8-11(2)18-12(3)9-17/h4-5,7,11-12,14H,6,8-9,15H2,1-3H3. The van der Waals surface area contributed by atoms with Crippen LogP contribution in [0.25, 0.3) is 0 Å². The lowest BCUT2D eigenvalue weighted by atomic mass is 10.0. The molecule has 2 N–H and O–H groups in total. The minimum atomic E-state index is 0.243. The SMILES string of the molecule is Cc1ccncc1C(CN)N1CC(C)OC(C)C1. The molecule has 3 atom stereocenters. The Kier molecular flexibility index (Phi) is 4.32. The molecule has 0 spiro atoms. The van der Waals surface area contributed by atoms with Gasteiger partial charge in [0.2, 0.25) is 0 Å². The first-order valence-electron chi connectivity index (χ1n) is 6.62. The van der Waals surface area contributed by atoms with Gasteiger partial charge in [0.15, 0.2) is 0 Å². The van der Waals surface area contributed by atoms with Crippen molar-refractivity contribution < 1.29 is 4.74 Å². The molecule has 3 unspecified atom stereocenters. The van der Waals surface area contributed by atoms with Crippen molar-refractivity contribution in [2.24, 2.45) is 5.73 Å². The number of hydrogen-bond donors (Lipinski definition) is 1. The van der Waals surface area contributed by atoms with Gasteiger partial charge >= 0.3 is 0 Å². The molecular weight excluding hydrogens is 226 g/mol. The third kappa shape index (κ3) is 2.88. The van der Waals surface area contributed by atoms with Crippen LogP contribution in [0.3, 0.4) is 0 Å². The summed E-state index contributed by atoms with van der Waals surface area (Å²) in [7, 11) is 0. The number of aryl methyl sites for hydroxylation is 1. The normalized spacial score (nSPS) is 27.1. The predicted molar refractivity (Wildman–Crippen MR) is 72.4 cm³/mol. The number of aromatic nitrogens is 1. The lowest BCUT2D eigenvalue weighted by Gasteiger charge is -2.40. The zero-order valence-corrected chi connectivity index (χ0v) is 11.5. The Bertz CT molecular complexity index is 386. The van der Waals surface area contributed by atoms with Crippen LogP contribution in [0.15, 0.2) is 18.5 Å². The molecule has 0 aliphatic carbocycles. The molecule has 2 rings (SSSR count). The Labute approximate surface area is 109 Å². The Morgan fingerprint density at radius 3 is 2.67 bits per heavy atom. The average molecular weight is 249 g/mol. The molecule has 0 saturated carbocycles. The summed E-state index contributed by atoms with van der Waals surface area (Å²) in [6.45, 7) is 8.83. The first-order valence-corrected chi connectivity index (χ1v) is 6.62. The number of nitrogens with two attached hydrogens (primary N) is 1. The monoisotopic (exact) mass is 249 g/mol. The van der Waals surface area contributed by atoms with Gasteiger partial charge < -0.3 is 10.5 Å². The van der Waals surface area contributed by atoms with Crippen LogP contribution in [-0.4, -0.2) is 41.7 Å². The van der Waals surface area contributed by atoms with E-state index in [1.165, 1.54) is 11.1 Å². The number of nitrogens with zero attached hydrogens (tertiary/aromatic N) is 2. The van der Waals surface area contributed by atoms with E-state index in [0.29, 0.717) is 6.54 Å². The van der Waals surface area contributed by atoms with E-state index in [-0.39, 0.29) is 18.2 Å². The summed E-state index contributed by atoms with van der Waals surface area (Å²) >= 11 is 0. The van der Waals surface area contributed by atoms with Gasteiger partial charge in [0.25, 0.3) is 0 Å². The lowest BCUT2D eigenvalue weighted by Crippen LogP contribution is -2.48. The van der Waals surface area contributed by atoms with E-state index >= 15 is 0 Å². The molecule has 1 aromatic heterocycles. The third-order valence-corrected chi connectivity index (χ3v) is 3.55. The first kappa shape index (κ1) is 13.5. The van der Waals surface area contributed by atoms with Crippen molar-refractivity contribution in [2.75, 3.05) is 19.6 Å². The van der Waals surface area contributed by atoms with E-state index in [1.54, 1.807) is 0 Å². The summed E-state index contributed by atoms with van der Waals surface area (Å²) in [5.74, 6) is 0. The maximum atomic E-state index is 5.99. The van der Waals surface area contributed by atoms with Crippen LogP contribution in [0, 0.1) is 6.92 Å². The summed E-state index contributed by atoms with van der Waals surface area (Å²) < 4.78 is 5.78. The van der Waals surface area contributed by atoms with Gasteiger partial charge in [0, 0.05) is 38.1 Å². The average Bonchev–Trinajstić information content (AvgIpc) is 2.31. The summed E-state index contributed by atoms with van der Waals surface area (Å²) in [4.78, 5) is 6.65. The van der Waals surface area contributed by atoms with Gasteiger partial charge in [-0.05, 0) is 38.0 Å². The minimum Gasteiger partial charge on any atom is -0.373 e. The predicted octanol–water partition coefficient (Wildman–Crippen LogP) is 1.50. The molecule has 1 fully saturated rings. The molecule has 1 aliphatic rings. The van der Waals surface area contributed by atoms with Gasteiger partial charge in [0.1, 0.15) is 0 Å². The summed E-state index contributed by atoms with van der Waals surface area (Å²) in [5, 5.41) is 0. The van der Waals surface area contributed by atoms with Crippen molar-refractivity contribution in [3.8, 4) is 0 Å². The molecule has 1 aliphatic heterocycles. The first-order chi connectivity index (χ1) is 8.61. The zero-order chi connectivity index (χ0) is 13.1. The number of ether oxygens (including phenoxy) is 1. The maximum absolute atomic E-state index is 5.99. The van der Waals surface area contributed by atoms with Crippen LogP contribution in [-0.2, 0) is 4.74 Å². The van der Waals surface area contributed by atoms with Crippen molar-refractivity contribution in [1.82, 2.24) is 9.88 Å². The summed E-state index contributed by atoms with van der Waals surface area (Å²) in [5.41, 5.74) is 8.48. The highest BCUT2D eigenvalue weighted by molar-refractivity contribution is 5.25. The van der Waals surface area contributed by atoms with Crippen LogP contribution in [0.1, 0.15) is 31.0 Å². The fraction of sp³-hybridized carbons (Fsp3) is 0.643. The molecule has 0 aromatic carbocycles. The Hall–Kier alpha value is -0.970. The lowest BCUT2D eigenvalue weighted by molar-refractivity contribution is -0.0800. The second-order valence-electron chi connectivity index (χ2n) is 5.19. The van der Waals surface area contributed by atoms with E-state index in [0.717, 1.165) is 13.1 Å². The largest absolute Gasteiger partial charge is 0.373 e. The maximum Gasteiger partial charge on any atom is 0.0678 e. The highest BCUT2D eigenvalue weighted by Crippen LogP contribution is 2.25. The second-order valence-corrected chi connectivity index (χ2v) is 5.19. The topological polar surface area (TPSA) is 51.4 Å². The third-order valence-electron chi connectivity index (χ3n) is 3.55. The van der Waals surface area contributed by atoms with Crippen molar-refractivity contribution in [2.45, 2.75) is 39.0 Å². The smallest absolute Gasteiger partial charge is 0.0678 e. The molecule has 4 heteroatoms. The van der Waals surface area contributed by atoms with Crippen molar-refractivity contribution in [3.63, 3.8) is 0 Å². The molecule has 1 saturated heterocycles. The van der Waals surface area contributed by atoms with Crippen molar-refractivity contribution in [1.29, 1.82) is 0 Å². The van der Waals surface area contributed by atoms with Crippen molar-refractivity contribution in [3.05, 3.63) is 29.6 Å². The van der Waals surface area contributed by atoms with Crippen LogP contribution >= 0.6 is 0 Å². The van der Waals surface area contributed by atoms with Gasteiger partial charge in [-0.2, -0.15) is 0 Å². The zero-order valence-electron chi connectivity index (χ0n) is 11.5. The summed E-state index contributed by atoms with van der Waals surface area (Å²) in [6.07, 6.45) is 4.30. The van der Waals surface area contributed by atoms with E-state index in [4.69, 9.17) is 10.5 Å². The van der Waals surface area contributed by atoms with Crippen molar-refractivity contribution >= 4 is 0 Å². The van der Waals surface area contributed by atoms with Gasteiger partial charge in [-0.3, -0.25) is 9.88 Å². The van der Waals surface area contributed by atoms with E-state index in [9.17, 15) is 0 Å². The molecule has 1 aromatic rings. The molecule has 0 radical (unpaired) electrons. The van der Waals surface area contributed by atoms with E-state index < -0.39 is 0 Å². The molecule has 2 heterocycles. The number of morpholine rings is 1. The number of pyridine rings is 1. The molecule has 18 heavy (non-hydrogen) atoms. The Balaban J connectivity index is 2.20. The number of rotatable bonds is 3. The van der Waals surface area contributed by atoms with Crippen LogP contribution < -0.4 is 5.73 Å². The highest BCUT2D eigenvalue weighted by Gasteiger charge is 2.28. The van der Waals surface area contributed by atoms with E-state index in [2.05, 4.69) is 30.7 Å². The Morgan fingerprint density at radius 1 is 1.44 bits per heavy atom. The van der Waals surface area contributed by atoms with Gasteiger partial charge in [-0.1, -0.05) is 0 Å². The summed E-state index contributed by atoms with van der Waals surface area (Å²) in [6, 6.07) is 2.29. The quantitative estimate of drug-likeness (QED) is 0.882. The van der Waals surface area contributed by atoms with Crippen LogP contribution in [0.4, 0.5) is 0 Å². The van der Waals surface area contributed by atoms with E-state index in [1.807, 2.05) is 18.5 Å². The fourth-order valence-electron chi connectivity index (χ4n) is 2.77. The fourth-order valence-corrected chi connectivity index (χ4v) is 2.77.